The Morgan fingerprint density at radius 1 is 1.13 bits per heavy atom. The number of esters is 1. The van der Waals surface area contributed by atoms with Gasteiger partial charge in [0.25, 0.3) is 0 Å². The molecule has 0 aromatic heterocycles. The zero-order valence-electron chi connectivity index (χ0n) is 21.6. The number of morpholine rings is 1. The Balaban J connectivity index is 1.78. The fourth-order valence-electron chi connectivity index (χ4n) is 4.30. The molecule has 0 bridgehead atoms. The molecule has 1 saturated heterocycles. The van der Waals surface area contributed by atoms with Crippen molar-refractivity contribution in [2.75, 3.05) is 40.0 Å². The second kappa shape index (κ2) is 12.2. The van der Waals surface area contributed by atoms with Crippen molar-refractivity contribution < 1.29 is 22.7 Å². The first kappa shape index (κ1) is 28.0. The monoisotopic (exact) mass is 561 g/mol. The smallest absolute Gasteiger partial charge is 0.330 e. The summed E-state index contributed by atoms with van der Waals surface area (Å²) in [6.07, 6.45) is 0. The van der Waals surface area contributed by atoms with E-state index < -0.39 is 22.2 Å². The number of benzene rings is 2. The minimum absolute atomic E-state index is 0.0505. The van der Waals surface area contributed by atoms with E-state index in [4.69, 9.17) is 26.2 Å². The maximum absolute atomic E-state index is 13.4. The molecule has 0 radical (unpaired) electrons. The van der Waals surface area contributed by atoms with Crippen LogP contribution in [-0.4, -0.2) is 81.4 Å². The first-order chi connectivity index (χ1) is 18.2. The maximum Gasteiger partial charge on any atom is 0.330 e. The number of nitrogens with zero attached hydrogens (tertiary/aromatic N) is 4. The number of hydrogen-bond donors (Lipinski definition) is 1. The van der Waals surface area contributed by atoms with Gasteiger partial charge in [-0.25, -0.2) is 19.5 Å². The molecule has 2 aromatic rings. The Morgan fingerprint density at radius 3 is 2.39 bits per heavy atom. The molecule has 0 spiro atoms. The predicted molar refractivity (Wildman–Crippen MR) is 146 cm³/mol. The SMILES string of the molecule is COC(=O)C(N=C(NS(=O)(=O)N1CCOCC1)N1CC(c2ccccc2)C(c2ccc(Cl)cc2)=N1)C(C)C. The van der Waals surface area contributed by atoms with Crippen molar-refractivity contribution in [2.45, 2.75) is 25.8 Å². The highest BCUT2D eigenvalue weighted by Crippen LogP contribution is 2.30. The van der Waals surface area contributed by atoms with Gasteiger partial charge < -0.3 is 9.47 Å². The van der Waals surface area contributed by atoms with E-state index in [-0.39, 0.29) is 30.9 Å². The summed E-state index contributed by atoms with van der Waals surface area (Å²) in [5.41, 5.74) is 2.58. The van der Waals surface area contributed by atoms with Crippen molar-refractivity contribution in [1.29, 1.82) is 0 Å². The molecule has 0 amide bonds. The average Bonchev–Trinajstić information content (AvgIpc) is 3.37. The van der Waals surface area contributed by atoms with Crippen LogP contribution < -0.4 is 4.72 Å². The minimum Gasteiger partial charge on any atom is -0.467 e. The molecule has 2 aromatic carbocycles. The molecule has 10 nitrogen and oxygen atoms in total. The molecule has 12 heteroatoms. The van der Waals surface area contributed by atoms with E-state index in [9.17, 15) is 13.2 Å². The summed E-state index contributed by atoms with van der Waals surface area (Å²) in [6, 6.07) is 16.2. The lowest BCUT2D eigenvalue weighted by Crippen LogP contribution is -2.52. The molecule has 2 aliphatic rings. The van der Waals surface area contributed by atoms with Gasteiger partial charge in [-0.2, -0.15) is 17.8 Å². The highest BCUT2D eigenvalue weighted by Gasteiger charge is 2.36. The first-order valence-electron chi connectivity index (χ1n) is 12.4. The van der Waals surface area contributed by atoms with Crippen LogP contribution in [0.4, 0.5) is 0 Å². The Kier molecular flexibility index (Phi) is 9.03. The Hall–Kier alpha value is -2.99. The molecule has 1 fully saturated rings. The third kappa shape index (κ3) is 6.52. The number of methoxy groups -OCH3 is 1. The highest BCUT2D eigenvalue weighted by atomic mass is 35.5. The van der Waals surface area contributed by atoms with E-state index in [1.807, 2.05) is 56.3 Å². The number of carbonyl (C=O) groups excluding carboxylic acids is 1. The number of halogens is 1. The zero-order valence-corrected chi connectivity index (χ0v) is 23.2. The van der Waals surface area contributed by atoms with Crippen LogP contribution in [0, 0.1) is 5.92 Å². The van der Waals surface area contributed by atoms with E-state index in [0.717, 1.165) is 16.8 Å². The number of aliphatic imine (C=N–C) groups is 1. The number of nitrogens with one attached hydrogen (secondary N) is 1. The molecular weight excluding hydrogens is 530 g/mol. The van der Waals surface area contributed by atoms with Crippen LogP contribution in [0.1, 0.15) is 30.9 Å². The molecule has 4 rings (SSSR count). The summed E-state index contributed by atoms with van der Waals surface area (Å²) in [7, 11) is -2.72. The second-order valence-electron chi connectivity index (χ2n) is 9.32. The number of hydrazone groups is 1. The molecule has 2 atom stereocenters. The number of guanidine groups is 1. The minimum atomic E-state index is -4.00. The Morgan fingerprint density at radius 2 is 1.79 bits per heavy atom. The number of carbonyl (C=O) groups is 1. The number of ether oxygens (including phenoxy) is 2. The second-order valence-corrected chi connectivity index (χ2v) is 11.4. The lowest BCUT2D eigenvalue weighted by molar-refractivity contribution is -0.143. The molecule has 204 valence electrons. The van der Waals surface area contributed by atoms with E-state index in [1.54, 1.807) is 12.1 Å². The predicted octanol–water partition coefficient (Wildman–Crippen LogP) is 2.86. The van der Waals surface area contributed by atoms with Gasteiger partial charge >= 0.3 is 16.2 Å². The van der Waals surface area contributed by atoms with E-state index in [2.05, 4.69) is 9.71 Å². The zero-order chi connectivity index (χ0) is 27.3. The fourth-order valence-corrected chi connectivity index (χ4v) is 5.57. The van der Waals surface area contributed by atoms with Crippen LogP contribution in [-0.2, 0) is 24.5 Å². The topological polar surface area (TPSA) is 113 Å². The summed E-state index contributed by atoms with van der Waals surface area (Å²) in [5, 5.41) is 6.93. The summed E-state index contributed by atoms with van der Waals surface area (Å²) in [5.74, 6) is -1.06. The highest BCUT2D eigenvalue weighted by molar-refractivity contribution is 7.87. The Labute approximate surface area is 228 Å². The van der Waals surface area contributed by atoms with Crippen LogP contribution in [0.2, 0.25) is 5.02 Å². The van der Waals surface area contributed by atoms with Crippen LogP contribution in [0.3, 0.4) is 0 Å². The molecule has 1 N–H and O–H groups in total. The van der Waals surface area contributed by atoms with Crippen LogP contribution >= 0.6 is 11.6 Å². The number of rotatable bonds is 7. The van der Waals surface area contributed by atoms with Crippen LogP contribution in [0.15, 0.2) is 64.7 Å². The van der Waals surface area contributed by atoms with E-state index >= 15 is 0 Å². The molecule has 38 heavy (non-hydrogen) atoms. The third-order valence-corrected chi connectivity index (χ3v) is 8.10. The summed E-state index contributed by atoms with van der Waals surface area (Å²) in [6.45, 7) is 4.94. The van der Waals surface area contributed by atoms with Gasteiger partial charge in [-0.15, -0.1) is 0 Å². The van der Waals surface area contributed by atoms with Crippen molar-refractivity contribution >= 4 is 39.5 Å². The van der Waals surface area contributed by atoms with Crippen molar-refractivity contribution in [2.24, 2.45) is 16.0 Å². The van der Waals surface area contributed by atoms with Gasteiger partial charge in [0.2, 0.25) is 5.96 Å². The average molecular weight is 562 g/mol. The van der Waals surface area contributed by atoms with Crippen molar-refractivity contribution in [1.82, 2.24) is 14.0 Å². The Bertz CT molecular complexity index is 1280. The van der Waals surface area contributed by atoms with Gasteiger partial charge in [0, 0.05) is 24.0 Å². The quantitative estimate of drug-likeness (QED) is 0.316. The first-order valence-corrected chi connectivity index (χ1v) is 14.2. The van der Waals surface area contributed by atoms with Crippen molar-refractivity contribution in [3.63, 3.8) is 0 Å². The summed E-state index contributed by atoms with van der Waals surface area (Å²) < 4.78 is 40.9. The molecule has 2 heterocycles. The standard InChI is InChI=1S/C26H32ClN5O5S/c1-18(2)23(25(33)36-3)28-26(30-38(34,35)31-13-15-37-16-14-31)32-17-22(19-7-5-4-6-8-19)24(29-32)20-9-11-21(27)12-10-20/h4-12,18,22-23H,13-17H2,1-3H3,(H,28,30). The van der Waals surface area contributed by atoms with E-state index in [0.29, 0.717) is 24.8 Å². The lowest BCUT2D eigenvalue weighted by atomic mass is 9.91. The largest absolute Gasteiger partial charge is 0.467 e. The molecular formula is C26H32ClN5O5S. The van der Waals surface area contributed by atoms with Crippen LogP contribution in [0.25, 0.3) is 0 Å². The van der Waals surface area contributed by atoms with Crippen LogP contribution in [0.5, 0.6) is 0 Å². The summed E-state index contributed by atoms with van der Waals surface area (Å²) >= 11 is 6.12. The fraction of sp³-hybridized carbons (Fsp3) is 0.423. The van der Waals surface area contributed by atoms with Crippen molar-refractivity contribution in [3.05, 3.63) is 70.7 Å². The van der Waals surface area contributed by atoms with Crippen molar-refractivity contribution in [3.8, 4) is 0 Å². The molecule has 2 aliphatic heterocycles. The number of hydrogen-bond acceptors (Lipinski definition) is 7. The van der Waals surface area contributed by atoms with E-state index in [1.165, 1.54) is 16.4 Å². The van der Waals surface area contributed by atoms with Gasteiger partial charge in [0.05, 0.1) is 32.6 Å². The maximum atomic E-state index is 13.4. The van der Waals surface area contributed by atoms with Gasteiger partial charge in [-0.05, 0) is 29.2 Å². The molecule has 0 saturated carbocycles. The van der Waals surface area contributed by atoms with Gasteiger partial charge in [-0.1, -0.05) is 67.9 Å². The molecule has 2 unspecified atom stereocenters. The normalized spacial score (nSPS) is 19.8. The van der Waals surface area contributed by atoms with Gasteiger partial charge in [0.15, 0.2) is 6.04 Å². The van der Waals surface area contributed by atoms with Gasteiger partial charge in [-0.3, -0.25) is 0 Å². The van der Waals surface area contributed by atoms with Gasteiger partial charge in [0.1, 0.15) is 0 Å². The summed E-state index contributed by atoms with van der Waals surface area (Å²) in [4.78, 5) is 17.1. The third-order valence-electron chi connectivity index (χ3n) is 6.37. The molecule has 0 aliphatic carbocycles. The lowest BCUT2D eigenvalue weighted by Gasteiger charge is -2.28.